The summed E-state index contributed by atoms with van der Waals surface area (Å²) in [5.41, 5.74) is 1.83. The second kappa shape index (κ2) is 7.58. The summed E-state index contributed by atoms with van der Waals surface area (Å²) in [6.45, 7) is 0.0169. The minimum atomic E-state index is -0.922. The Morgan fingerprint density at radius 2 is 2.12 bits per heavy atom. The third-order valence-corrected chi connectivity index (χ3v) is 4.39. The average Bonchev–Trinajstić information content (AvgIpc) is 2.61. The van der Waals surface area contributed by atoms with E-state index < -0.39 is 16.6 Å². The zero-order valence-electron chi connectivity index (χ0n) is 13.7. The van der Waals surface area contributed by atoms with Gasteiger partial charge in [-0.3, -0.25) is 14.9 Å². The molecule has 0 bridgehead atoms. The van der Waals surface area contributed by atoms with Crippen molar-refractivity contribution in [3.05, 3.63) is 74.2 Å². The van der Waals surface area contributed by atoms with Crippen molar-refractivity contribution in [1.82, 2.24) is 4.57 Å². The Labute approximate surface area is 144 Å². The van der Waals surface area contributed by atoms with Gasteiger partial charge in [0.15, 0.2) is 0 Å². The maximum absolute atomic E-state index is 11.8. The summed E-state index contributed by atoms with van der Waals surface area (Å²) < 4.78 is 7.00. The highest BCUT2D eigenvalue weighted by atomic mass is 16.6. The number of aromatic nitrogens is 1. The smallest absolute Gasteiger partial charge is 0.285 e. The van der Waals surface area contributed by atoms with E-state index in [-0.39, 0.29) is 24.9 Å². The minimum absolute atomic E-state index is 0.0467. The van der Waals surface area contributed by atoms with Gasteiger partial charge in [-0.1, -0.05) is 24.3 Å². The molecule has 0 amide bonds. The first kappa shape index (κ1) is 17.3. The van der Waals surface area contributed by atoms with Gasteiger partial charge in [0.2, 0.25) is 0 Å². The van der Waals surface area contributed by atoms with Crippen molar-refractivity contribution in [2.75, 3.05) is 6.61 Å². The Hall–Kier alpha value is -2.51. The van der Waals surface area contributed by atoms with Crippen molar-refractivity contribution < 1.29 is 14.8 Å². The lowest BCUT2D eigenvalue weighted by atomic mass is 9.89. The van der Waals surface area contributed by atoms with Crippen molar-refractivity contribution in [2.24, 2.45) is 0 Å². The van der Waals surface area contributed by atoms with Crippen LogP contribution < -0.4 is 5.56 Å². The van der Waals surface area contributed by atoms with Gasteiger partial charge in [0.1, 0.15) is 0 Å². The number of fused-ring (bicyclic) bond motifs is 1. The number of nitro groups is 1. The topological polar surface area (TPSA) is 94.6 Å². The number of ether oxygens (including phenoxy) is 1. The molecule has 0 spiro atoms. The van der Waals surface area contributed by atoms with E-state index >= 15 is 0 Å². The summed E-state index contributed by atoms with van der Waals surface area (Å²) in [5, 5.41) is 21.0. The number of hydrogen-bond acceptors (Lipinski definition) is 5. The van der Waals surface area contributed by atoms with Gasteiger partial charge in [0, 0.05) is 12.1 Å². The molecule has 0 saturated heterocycles. The molecule has 132 valence electrons. The predicted octanol–water partition coefficient (Wildman–Crippen LogP) is 2.21. The number of hydrogen-bond donors (Lipinski definition) is 1. The lowest BCUT2D eigenvalue weighted by Crippen LogP contribution is -2.29. The third kappa shape index (κ3) is 4.12. The van der Waals surface area contributed by atoms with Crippen LogP contribution in [0.15, 0.2) is 47.4 Å². The molecule has 1 aromatic heterocycles. The van der Waals surface area contributed by atoms with Crippen molar-refractivity contribution in [3.8, 4) is 0 Å². The zero-order valence-corrected chi connectivity index (χ0v) is 13.7. The minimum Gasteiger partial charge on any atom is -0.389 e. The Kier molecular flexibility index (Phi) is 5.25. The van der Waals surface area contributed by atoms with Crippen molar-refractivity contribution in [3.63, 3.8) is 0 Å². The first-order valence-electron chi connectivity index (χ1n) is 8.27. The molecule has 0 unspecified atom stereocenters. The number of aliphatic hydroxyl groups excluding tert-OH is 1. The molecule has 0 radical (unpaired) electrons. The van der Waals surface area contributed by atoms with Crippen LogP contribution in [0.1, 0.15) is 30.1 Å². The monoisotopic (exact) mass is 344 g/mol. The third-order valence-electron chi connectivity index (χ3n) is 4.39. The predicted molar refractivity (Wildman–Crippen MR) is 91.4 cm³/mol. The summed E-state index contributed by atoms with van der Waals surface area (Å²) in [4.78, 5) is 22.0. The number of rotatable bonds is 6. The molecule has 7 heteroatoms. The summed E-state index contributed by atoms with van der Waals surface area (Å²) in [5.74, 6) is 0. The van der Waals surface area contributed by atoms with Crippen LogP contribution >= 0.6 is 0 Å². The number of aryl methyl sites for hydroxylation is 1. The molecule has 25 heavy (non-hydrogen) atoms. The van der Waals surface area contributed by atoms with E-state index in [2.05, 4.69) is 6.07 Å². The molecule has 1 aromatic carbocycles. The molecule has 2 aromatic rings. The van der Waals surface area contributed by atoms with E-state index in [1.54, 1.807) is 0 Å². The fraction of sp³-hybridized carbons (Fsp3) is 0.389. The van der Waals surface area contributed by atoms with E-state index in [0.29, 0.717) is 0 Å². The summed E-state index contributed by atoms with van der Waals surface area (Å²) in [7, 11) is 0. The lowest BCUT2D eigenvalue weighted by Gasteiger charge is -2.26. The van der Waals surface area contributed by atoms with Crippen LogP contribution in [0.2, 0.25) is 0 Å². The Morgan fingerprint density at radius 1 is 1.32 bits per heavy atom. The standard InChI is InChI=1S/C18H20N2O5/c21-15(11-19-10-14(20(23)24)8-9-18(19)22)12-25-17-7-3-5-13-4-1-2-6-16(13)17/h1-2,4,6,8-10,15,17,21H,3,5,7,11-12H2/t15-,17+/m1/s1. The van der Waals surface area contributed by atoms with Crippen LogP contribution in [0.25, 0.3) is 0 Å². The number of pyridine rings is 1. The van der Waals surface area contributed by atoms with Crippen LogP contribution in [-0.2, 0) is 17.7 Å². The van der Waals surface area contributed by atoms with Gasteiger partial charge >= 0.3 is 0 Å². The van der Waals surface area contributed by atoms with Gasteiger partial charge in [-0.2, -0.15) is 0 Å². The van der Waals surface area contributed by atoms with Gasteiger partial charge in [-0.25, -0.2) is 0 Å². The highest BCUT2D eigenvalue weighted by Gasteiger charge is 2.21. The SMILES string of the molecule is O=c1ccc([N+](=O)[O-])cn1C[C@@H](O)CO[C@H]1CCCc2ccccc21. The summed E-state index contributed by atoms with van der Waals surface area (Å²) >= 11 is 0. The quantitative estimate of drug-likeness (QED) is 0.640. The van der Waals surface area contributed by atoms with Crippen molar-refractivity contribution in [1.29, 1.82) is 0 Å². The Morgan fingerprint density at radius 3 is 2.92 bits per heavy atom. The largest absolute Gasteiger partial charge is 0.389 e. The molecule has 1 aliphatic rings. The summed E-state index contributed by atoms with van der Waals surface area (Å²) in [6, 6.07) is 10.4. The average molecular weight is 344 g/mol. The van der Waals surface area contributed by atoms with Gasteiger partial charge in [0.05, 0.1) is 36.5 Å². The van der Waals surface area contributed by atoms with Gasteiger partial charge in [-0.05, 0) is 30.4 Å². The molecule has 1 aliphatic carbocycles. The highest BCUT2D eigenvalue weighted by Crippen LogP contribution is 2.32. The molecule has 0 saturated carbocycles. The van der Waals surface area contributed by atoms with Gasteiger partial charge in [0.25, 0.3) is 11.2 Å². The van der Waals surface area contributed by atoms with Crippen LogP contribution in [0.3, 0.4) is 0 Å². The molecule has 1 N–H and O–H groups in total. The maximum Gasteiger partial charge on any atom is 0.285 e. The highest BCUT2D eigenvalue weighted by molar-refractivity contribution is 5.31. The molecule has 0 fully saturated rings. The first-order valence-corrected chi connectivity index (χ1v) is 8.27. The Bertz CT molecular complexity index is 817. The van der Waals surface area contributed by atoms with Crippen LogP contribution in [0.4, 0.5) is 5.69 Å². The molecule has 1 heterocycles. The maximum atomic E-state index is 11.8. The normalized spacial score (nSPS) is 17.7. The molecular formula is C18H20N2O5. The number of nitrogens with zero attached hydrogens (tertiary/aromatic N) is 2. The lowest BCUT2D eigenvalue weighted by molar-refractivity contribution is -0.385. The second-order valence-corrected chi connectivity index (χ2v) is 6.20. The van der Waals surface area contributed by atoms with Crippen LogP contribution in [-0.4, -0.2) is 27.3 Å². The van der Waals surface area contributed by atoms with Crippen molar-refractivity contribution >= 4 is 5.69 Å². The second-order valence-electron chi connectivity index (χ2n) is 6.20. The Balaban J connectivity index is 1.63. The van der Waals surface area contributed by atoms with Crippen LogP contribution in [0.5, 0.6) is 0 Å². The van der Waals surface area contributed by atoms with E-state index in [1.807, 2.05) is 18.2 Å². The van der Waals surface area contributed by atoms with E-state index in [0.717, 1.165) is 47.7 Å². The van der Waals surface area contributed by atoms with Gasteiger partial charge in [-0.15, -0.1) is 0 Å². The molecule has 3 rings (SSSR count). The van der Waals surface area contributed by atoms with E-state index in [1.165, 1.54) is 5.56 Å². The first-order chi connectivity index (χ1) is 12.0. The van der Waals surface area contributed by atoms with Crippen molar-refractivity contribution in [2.45, 2.75) is 38.0 Å². The molecule has 2 atom stereocenters. The van der Waals surface area contributed by atoms with Crippen LogP contribution in [0, 0.1) is 10.1 Å². The fourth-order valence-electron chi connectivity index (χ4n) is 3.16. The fourth-order valence-corrected chi connectivity index (χ4v) is 3.16. The zero-order chi connectivity index (χ0) is 17.8. The van der Waals surface area contributed by atoms with E-state index in [9.17, 15) is 20.0 Å². The summed E-state index contributed by atoms with van der Waals surface area (Å²) in [6.07, 6.45) is 3.10. The molecule has 7 nitrogen and oxygen atoms in total. The number of aliphatic hydroxyl groups is 1. The molecule has 0 aliphatic heterocycles. The number of benzene rings is 1. The molecular weight excluding hydrogens is 324 g/mol. The van der Waals surface area contributed by atoms with Gasteiger partial charge < -0.3 is 14.4 Å². The van der Waals surface area contributed by atoms with E-state index in [4.69, 9.17) is 4.74 Å².